The van der Waals surface area contributed by atoms with Gasteiger partial charge in [-0.05, 0) is 51.0 Å². The van der Waals surface area contributed by atoms with Crippen LogP contribution < -0.4 is 15.6 Å². The number of hydrogen-bond donors (Lipinski definition) is 3. The minimum atomic E-state index is -0.256. The molecule has 0 spiro atoms. The van der Waals surface area contributed by atoms with Crippen molar-refractivity contribution < 1.29 is 9.90 Å². The van der Waals surface area contributed by atoms with Crippen molar-refractivity contribution in [2.75, 3.05) is 29.9 Å². The van der Waals surface area contributed by atoms with E-state index in [0.717, 1.165) is 35.6 Å². The van der Waals surface area contributed by atoms with Crippen LogP contribution in [-0.4, -0.2) is 36.9 Å². The van der Waals surface area contributed by atoms with Crippen molar-refractivity contribution in [3.63, 3.8) is 0 Å². The number of aryl methyl sites for hydroxylation is 2. The van der Waals surface area contributed by atoms with Gasteiger partial charge in [0, 0.05) is 36.1 Å². The Labute approximate surface area is 160 Å². The van der Waals surface area contributed by atoms with Crippen molar-refractivity contribution in [1.82, 2.24) is 5.43 Å². The molecule has 0 unspecified atom stereocenters. The van der Waals surface area contributed by atoms with Gasteiger partial charge in [-0.3, -0.25) is 4.79 Å². The van der Waals surface area contributed by atoms with Crippen LogP contribution >= 0.6 is 0 Å². The second kappa shape index (κ2) is 9.62. The molecule has 144 valence electrons. The first-order valence-electron chi connectivity index (χ1n) is 9.16. The number of benzene rings is 2. The molecule has 2 aromatic rings. The van der Waals surface area contributed by atoms with Crippen LogP contribution in [0.2, 0.25) is 0 Å². The molecule has 3 N–H and O–H groups in total. The van der Waals surface area contributed by atoms with Gasteiger partial charge in [-0.25, -0.2) is 5.43 Å². The molecule has 6 nitrogen and oxygen atoms in total. The fraction of sp³-hybridized carbons (Fsp3) is 0.333. The normalized spacial score (nSPS) is 10.8. The van der Waals surface area contributed by atoms with Crippen LogP contribution in [0.25, 0.3) is 0 Å². The van der Waals surface area contributed by atoms with Gasteiger partial charge in [-0.2, -0.15) is 5.10 Å². The fourth-order valence-corrected chi connectivity index (χ4v) is 2.90. The first-order chi connectivity index (χ1) is 13.0. The molecule has 1 amide bonds. The summed E-state index contributed by atoms with van der Waals surface area (Å²) in [6.07, 6.45) is 1.44. The standard InChI is InChI=1S/C21H28N4O2/c1-5-25(6-2)18-11-10-17(19(26)12-18)13-23-24-20(27)14-22-21-15(3)8-7-9-16(21)4/h7-13,22,26H,5-6,14H2,1-4H3,(H,24,27)/b23-13-. The number of carbonyl (C=O) groups excluding carboxylic acids is 1. The molecular weight excluding hydrogens is 340 g/mol. The molecule has 6 heteroatoms. The Morgan fingerprint density at radius 3 is 2.41 bits per heavy atom. The predicted molar refractivity (Wildman–Crippen MR) is 112 cm³/mol. The Balaban J connectivity index is 1.92. The summed E-state index contributed by atoms with van der Waals surface area (Å²) in [5.74, 6) is -0.126. The minimum Gasteiger partial charge on any atom is -0.507 e. The van der Waals surface area contributed by atoms with Crippen molar-refractivity contribution in [2.24, 2.45) is 5.10 Å². The Morgan fingerprint density at radius 2 is 1.81 bits per heavy atom. The number of nitrogens with zero attached hydrogens (tertiary/aromatic N) is 2. The zero-order valence-electron chi connectivity index (χ0n) is 16.4. The number of phenols is 1. The van der Waals surface area contributed by atoms with E-state index in [1.165, 1.54) is 6.21 Å². The number of hydrogen-bond acceptors (Lipinski definition) is 5. The second-order valence-electron chi connectivity index (χ2n) is 6.33. The van der Waals surface area contributed by atoms with E-state index < -0.39 is 0 Å². The molecule has 2 aromatic carbocycles. The van der Waals surface area contributed by atoms with Crippen LogP contribution in [0.1, 0.15) is 30.5 Å². The molecule has 0 aliphatic rings. The van der Waals surface area contributed by atoms with Gasteiger partial charge in [-0.15, -0.1) is 0 Å². The number of aromatic hydroxyl groups is 1. The average Bonchev–Trinajstić information content (AvgIpc) is 2.64. The number of anilines is 2. The number of rotatable bonds is 8. The summed E-state index contributed by atoms with van der Waals surface area (Å²) < 4.78 is 0. The summed E-state index contributed by atoms with van der Waals surface area (Å²) in [6, 6.07) is 11.4. The largest absolute Gasteiger partial charge is 0.507 e. The van der Waals surface area contributed by atoms with Crippen LogP contribution in [0.4, 0.5) is 11.4 Å². The van der Waals surface area contributed by atoms with E-state index in [2.05, 4.69) is 34.6 Å². The molecule has 27 heavy (non-hydrogen) atoms. The summed E-state index contributed by atoms with van der Waals surface area (Å²) in [7, 11) is 0. The van der Waals surface area contributed by atoms with Gasteiger partial charge < -0.3 is 15.3 Å². The topological polar surface area (TPSA) is 77.0 Å². The Hall–Kier alpha value is -3.02. The third kappa shape index (κ3) is 5.48. The van der Waals surface area contributed by atoms with Gasteiger partial charge in [0.1, 0.15) is 5.75 Å². The van der Waals surface area contributed by atoms with Crippen LogP contribution in [-0.2, 0) is 4.79 Å². The van der Waals surface area contributed by atoms with Crippen LogP contribution in [0, 0.1) is 13.8 Å². The molecule has 0 radical (unpaired) electrons. The lowest BCUT2D eigenvalue weighted by Gasteiger charge is -2.21. The first-order valence-corrected chi connectivity index (χ1v) is 9.16. The van der Waals surface area contributed by atoms with Gasteiger partial charge in [0.05, 0.1) is 12.8 Å². The average molecular weight is 368 g/mol. The molecule has 0 aliphatic carbocycles. The zero-order chi connectivity index (χ0) is 19.8. The maximum atomic E-state index is 12.0. The smallest absolute Gasteiger partial charge is 0.259 e. The van der Waals surface area contributed by atoms with Crippen LogP contribution in [0.3, 0.4) is 0 Å². The van der Waals surface area contributed by atoms with Gasteiger partial charge in [-0.1, -0.05) is 18.2 Å². The summed E-state index contributed by atoms with van der Waals surface area (Å²) in [4.78, 5) is 14.1. The number of nitrogens with one attached hydrogen (secondary N) is 2. The zero-order valence-corrected chi connectivity index (χ0v) is 16.4. The maximum absolute atomic E-state index is 12.0. The lowest BCUT2D eigenvalue weighted by Crippen LogP contribution is -2.26. The first kappa shape index (κ1) is 20.3. The molecule has 0 heterocycles. The highest BCUT2D eigenvalue weighted by Crippen LogP contribution is 2.23. The Morgan fingerprint density at radius 1 is 1.15 bits per heavy atom. The highest BCUT2D eigenvalue weighted by molar-refractivity contribution is 5.87. The molecule has 0 saturated heterocycles. The SMILES string of the molecule is CCN(CC)c1ccc(/C=N\NC(=O)CNc2c(C)cccc2C)c(O)c1. The van der Waals surface area contributed by atoms with E-state index in [1.54, 1.807) is 12.1 Å². The fourth-order valence-electron chi connectivity index (χ4n) is 2.90. The lowest BCUT2D eigenvalue weighted by molar-refractivity contribution is -0.119. The molecule has 0 fully saturated rings. The third-order valence-corrected chi connectivity index (χ3v) is 4.44. The molecule has 0 aliphatic heterocycles. The van der Waals surface area contributed by atoms with E-state index in [9.17, 15) is 9.90 Å². The van der Waals surface area contributed by atoms with Gasteiger partial charge in [0.2, 0.25) is 0 Å². The summed E-state index contributed by atoms with van der Waals surface area (Å²) in [5, 5.41) is 17.2. The van der Waals surface area contributed by atoms with E-state index in [1.807, 2.05) is 38.1 Å². The molecular formula is C21H28N4O2. The van der Waals surface area contributed by atoms with E-state index in [0.29, 0.717) is 5.56 Å². The maximum Gasteiger partial charge on any atom is 0.259 e. The van der Waals surface area contributed by atoms with E-state index >= 15 is 0 Å². The van der Waals surface area contributed by atoms with E-state index in [-0.39, 0.29) is 18.2 Å². The highest BCUT2D eigenvalue weighted by Gasteiger charge is 2.07. The van der Waals surface area contributed by atoms with Crippen LogP contribution in [0.5, 0.6) is 5.75 Å². The number of hydrazone groups is 1. The molecule has 0 saturated carbocycles. The lowest BCUT2D eigenvalue weighted by atomic mass is 10.1. The van der Waals surface area contributed by atoms with Crippen LogP contribution in [0.15, 0.2) is 41.5 Å². The number of para-hydroxylation sites is 1. The third-order valence-electron chi connectivity index (χ3n) is 4.44. The van der Waals surface area contributed by atoms with Gasteiger partial charge >= 0.3 is 0 Å². The highest BCUT2D eigenvalue weighted by atomic mass is 16.3. The summed E-state index contributed by atoms with van der Waals surface area (Å²) >= 11 is 0. The van der Waals surface area contributed by atoms with Crippen molar-refractivity contribution in [3.8, 4) is 5.75 Å². The molecule has 0 bridgehead atoms. The molecule has 0 atom stereocenters. The summed E-state index contributed by atoms with van der Waals surface area (Å²) in [5.41, 5.74) is 7.11. The minimum absolute atomic E-state index is 0.121. The van der Waals surface area contributed by atoms with Crippen molar-refractivity contribution in [1.29, 1.82) is 0 Å². The number of phenolic OH excluding ortho intramolecular Hbond substituents is 1. The van der Waals surface area contributed by atoms with E-state index in [4.69, 9.17) is 0 Å². The monoisotopic (exact) mass is 368 g/mol. The predicted octanol–water partition coefficient (Wildman–Crippen LogP) is 3.42. The molecule has 0 aromatic heterocycles. The number of amides is 1. The quantitative estimate of drug-likeness (QED) is 0.493. The number of carbonyl (C=O) groups is 1. The van der Waals surface area contributed by atoms with Gasteiger partial charge in [0.15, 0.2) is 0 Å². The summed E-state index contributed by atoms with van der Waals surface area (Å²) in [6.45, 7) is 9.98. The van der Waals surface area contributed by atoms with Crippen molar-refractivity contribution >= 4 is 23.5 Å². The molecule has 2 rings (SSSR count). The Bertz CT molecular complexity index is 794. The van der Waals surface area contributed by atoms with Crippen molar-refractivity contribution in [3.05, 3.63) is 53.1 Å². The van der Waals surface area contributed by atoms with Crippen molar-refractivity contribution in [2.45, 2.75) is 27.7 Å². The second-order valence-corrected chi connectivity index (χ2v) is 6.33. The van der Waals surface area contributed by atoms with Gasteiger partial charge in [0.25, 0.3) is 5.91 Å². The Kier molecular flexibility index (Phi) is 7.23.